The second kappa shape index (κ2) is 5.33. The molecule has 104 valence electrons. The molecule has 19 heavy (non-hydrogen) atoms. The van der Waals surface area contributed by atoms with Crippen LogP contribution in [0.2, 0.25) is 0 Å². The molecule has 0 bridgehead atoms. The molecule has 0 N–H and O–H groups in total. The Morgan fingerprint density at radius 3 is 2.21 bits per heavy atom. The number of methoxy groups -OCH3 is 1. The van der Waals surface area contributed by atoms with Gasteiger partial charge in [0.1, 0.15) is 0 Å². The standard InChI is InChI=1S/C14H18O4S/c1-18-13(15)14(10-6-3-7-11-14)19(16,17)12-8-4-2-5-9-12/h2,4-5,8-9H,3,6-7,10-11H2,1H3. The van der Waals surface area contributed by atoms with E-state index in [9.17, 15) is 13.2 Å². The highest BCUT2D eigenvalue weighted by Gasteiger charge is 2.52. The number of benzene rings is 1. The zero-order valence-corrected chi connectivity index (χ0v) is 11.8. The lowest BCUT2D eigenvalue weighted by molar-refractivity contribution is -0.144. The summed E-state index contributed by atoms with van der Waals surface area (Å²) in [6.45, 7) is 0. The van der Waals surface area contributed by atoms with Crippen molar-refractivity contribution in [2.24, 2.45) is 0 Å². The van der Waals surface area contributed by atoms with Gasteiger partial charge in [-0.25, -0.2) is 8.42 Å². The van der Waals surface area contributed by atoms with E-state index >= 15 is 0 Å². The molecule has 1 aliphatic rings. The minimum Gasteiger partial charge on any atom is -0.468 e. The molecule has 1 aromatic rings. The molecular weight excluding hydrogens is 264 g/mol. The molecule has 1 fully saturated rings. The maximum atomic E-state index is 12.8. The predicted octanol–water partition coefficient (Wildman–Crippen LogP) is 2.34. The summed E-state index contributed by atoms with van der Waals surface area (Å²) >= 11 is 0. The lowest BCUT2D eigenvalue weighted by atomic mass is 9.88. The third-order valence-electron chi connectivity index (χ3n) is 3.79. The van der Waals surface area contributed by atoms with E-state index in [0.29, 0.717) is 12.8 Å². The van der Waals surface area contributed by atoms with E-state index in [0.717, 1.165) is 19.3 Å². The van der Waals surface area contributed by atoms with Crippen LogP contribution in [0.25, 0.3) is 0 Å². The van der Waals surface area contributed by atoms with Crippen LogP contribution in [0.5, 0.6) is 0 Å². The van der Waals surface area contributed by atoms with E-state index in [-0.39, 0.29) is 4.90 Å². The van der Waals surface area contributed by atoms with Crippen molar-refractivity contribution in [3.8, 4) is 0 Å². The Balaban J connectivity index is 2.52. The first-order valence-electron chi connectivity index (χ1n) is 6.43. The Bertz CT molecular complexity index is 542. The summed E-state index contributed by atoms with van der Waals surface area (Å²) in [4.78, 5) is 12.3. The van der Waals surface area contributed by atoms with Crippen LogP contribution >= 0.6 is 0 Å². The molecule has 0 aromatic heterocycles. The summed E-state index contributed by atoms with van der Waals surface area (Å²) in [5.41, 5.74) is 0. The number of ether oxygens (including phenoxy) is 1. The van der Waals surface area contributed by atoms with Crippen LogP contribution in [0.4, 0.5) is 0 Å². The molecule has 0 amide bonds. The second-order valence-electron chi connectivity index (χ2n) is 4.86. The summed E-state index contributed by atoms with van der Waals surface area (Å²) in [7, 11) is -2.46. The molecular formula is C14H18O4S. The topological polar surface area (TPSA) is 60.4 Å². The summed E-state index contributed by atoms with van der Waals surface area (Å²) in [5.74, 6) is -0.629. The number of rotatable bonds is 3. The number of carbonyl (C=O) groups is 1. The minimum atomic E-state index is -3.71. The van der Waals surface area contributed by atoms with Crippen LogP contribution in [0, 0.1) is 0 Å². The summed E-state index contributed by atoms with van der Waals surface area (Å²) in [6.07, 6.45) is 3.12. The maximum Gasteiger partial charge on any atom is 0.327 e. The lowest BCUT2D eigenvalue weighted by Crippen LogP contribution is -2.48. The number of hydrogen-bond donors (Lipinski definition) is 0. The summed E-state index contributed by atoms with van der Waals surface area (Å²) in [6, 6.07) is 8.16. The molecule has 4 nitrogen and oxygen atoms in total. The number of sulfone groups is 1. The fourth-order valence-corrected chi connectivity index (χ4v) is 4.81. The third-order valence-corrected chi connectivity index (χ3v) is 6.28. The van der Waals surface area contributed by atoms with Gasteiger partial charge in [-0.15, -0.1) is 0 Å². The highest BCUT2D eigenvalue weighted by molar-refractivity contribution is 7.93. The zero-order valence-electron chi connectivity index (χ0n) is 11.0. The number of esters is 1. The number of hydrogen-bond acceptors (Lipinski definition) is 4. The second-order valence-corrected chi connectivity index (χ2v) is 7.12. The van der Waals surface area contributed by atoms with Crippen molar-refractivity contribution in [1.82, 2.24) is 0 Å². The fraction of sp³-hybridized carbons (Fsp3) is 0.500. The van der Waals surface area contributed by atoms with E-state index in [1.165, 1.54) is 19.2 Å². The Morgan fingerprint density at radius 2 is 1.68 bits per heavy atom. The van der Waals surface area contributed by atoms with Gasteiger partial charge in [0.2, 0.25) is 0 Å². The third kappa shape index (κ3) is 2.27. The molecule has 0 radical (unpaired) electrons. The largest absolute Gasteiger partial charge is 0.468 e. The number of carbonyl (C=O) groups excluding carboxylic acids is 1. The quantitative estimate of drug-likeness (QED) is 0.798. The summed E-state index contributed by atoms with van der Waals surface area (Å²) < 4.78 is 29.0. The molecule has 0 spiro atoms. The maximum absolute atomic E-state index is 12.8. The minimum absolute atomic E-state index is 0.197. The summed E-state index contributed by atoms with van der Waals surface area (Å²) in [5, 5.41) is 0. The monoisotopic (exact) mass is 282 g/mol. The van der Waals surface area contributed by atoms with E-state index in [1.807, 2.05) is 0 Å². The van der Waals surface area contributed by atoms with Crippen molar-refractivity contribution in [3.63, 3.8) is 0 Å². The molecule has 0 saturated heterocycles. The predicted molar refractivity (Wildman–Crippen MR) is 71.5 cm³/mol. The zero-order chi connectivity index (χ0) is 13.9. The van der Waals surface area contributed by atoms with Gasteiger partial charge in [0, 0.05) is 0 Å². The SMILES string of the molecule is COC(=O)C1(S(=O)(=O)c2ccccc2)CCCCC1. The molecule has 0 aliphatic heterocycles. The average molecular weight is 282 g/mol. The van der Waals surface area contributed by atoms with Gasteiger partial charge in [-0.1, -0.05) is 37.5 Å². The van der Waals surface area contributed by atoms with E-state index in [2.05, 4.69) is 0 Å². The van der Waals surface area contributed by atoms with Gasteiger partial charge in [-0.3, -0.25) is 4.79 Å². The van der Waals surface area contributed by atoms with E-state index < -0.39 is 20.6 Å². The van der Waals surface area contributed by atoms with Crippen LogP contribution < -0.4 is 0 Å². The first kappa shape index (κ1) is 14.1. The van der Waals surface area contributed by atoms with Crippen LogP contribution in [-0.2, 0) is 19.4 Å². The smallest absolute Gasteiger partial charge is 0.327 e. The highest BCUT2D eigenvalue weighted by atomic mass is 32.2. The lowest BCUT2D eigenvalue weighted by Gasteiger charge is -2.33. The van der Waals surface area contributed by atoms with Crippen LogP contribution in [0.15, 0.2) is 35.2 Å². The molecule has 0 heterocycles. The van der Waals surface area contributed by atoms with Gasteiger partial charge in [0.15, 0.2) is 14.6 Å². The van der Waals surface area contributed by atoms with Crippen molar-refractivity contribution in [1.29, 1.82) is 0 Å². The Morgan fingerprint density at radius 1 is 1.11 bits per heavy atom. The average Bonchev–Trinajstić information content (AvgIpc) is 2.47. The van der Waals surface area contributed by atoms with Gasteiger partial charge in [0.25, 0.3) is 0 Å². The molecule has 1 saturated carbocycles. The molecule has 1 aromatic carbocycles. The van der Waals surface area contributed by atoms with Crippen molar-refractivity contribution >= 4 is 15.8 Å². The van der Waals surface area contributed by atoms with Crippen molar-refractivity contribution in [3.05, 3.63) is 30.3 Å². The normalized spacial score (nSPS) is 18.8. The van der Waals surface area contributed by atoms with Gasteiger partial charge in [-0.05, 0) is 25.0 Å². The van der Waals surface area contributed by atoms with Crippen LogP contribution in [0.1, 0.15) is 32.1 Å². The Hall–Kier alpha value is -1.36. The molecule has 2 rings (SSSR count). The highest BCUT2D eigenvalue weighted by Crippen LogP contribution is 2.39. The Kier molecular flexibility index (Phi) is 3.94. The van der Waals surface area contributed by atoms with E-state index in [1.54, 1.807) is 18.2 Å². The Labute approximate surface area is 113 Å². The molecule has 5 heteroatoms. The molecule has 1 aliphatic carbocycles. The fourth-order valence-electron chi connectivity index (χ4n) is 2.72. The van der Waals surface area contributed by atoms with Crippen molar-refractivity contribution in [2.75, 3.05) is 7.11 Å². The molecule has 0 atom stereocenters. The molecule has 0 unspecified atom stereocenters. The van der Waals surface area contributed by atoms with Crippen LogP contribution in [-0.4, -0.2) is 26.2 Å². The van der Waals surface area contributed by atoms with Gasteiger partial charge < -0.3 is 4.74 Å². The van der Waals surface area contributed by atoms with Crippen molar-refractivity contribution in [2.45, 2.75) is 41.7 Å². The first-order chi connectivity index (χ1) is 9.04. The first-order valence-corrected chi connectivity index (χ1v) is 7.91. The van der Waals surface area contributed by atoms with Crippen LogP contribution in [0.3, 0.4) is 0 Å². The van der Waals surface area contributed by atoms with Gasteiger partial charge >= 0.3 is 5.97 Å². The van der Waals surface area contributed by atoms with E-state index in [4.69, 9.17) is 4.74 Å². The van der Waals surface area contributed by atoms with Gasteiger partial charge in [-0.2, -0.15) is 0 Å². The van der Waals surface area contributed by atoms with Gasteiger partial charge in [0.05, 0.1) is 12.0 Å². The van der Waals surface area contributed by atoms with Crippen molar-refractivity contribution < 1.29 is 17.9 Å².